The molecule has 0 fully saturated rings. The zero-order chi connectivity index (χ0) is 16.2. The highest BCUT2D eigenvalue weighted by Crippen LogP contribution is 2.13. The van der Waals surface area contributed by atoms with E-state index in [9.17, 15) is 9.59 Å². The van der Waals surface area contributed by atoms with Crippen LogP contribution in [0.25, 0.3) is 10.9 Å². The zero-order valence-electron chi connectivity index (χ0n) is 12.0. The van der Waals surface area contributed by atoms with Gasteiger partial charge in [0.2, 0.25) is 0 Å². The fourth-order valence-electron chi connectivity index (χ4n) is 2.12. The summed E-state index contributed by atoms with van der Waals surface area (Å²) >= 11 is 5.86. The lowest BCUT2D eigenvalue weighted by Crippen LogP contribution is -2.35. The summed E-state index contributed by atoms with van der Waals surface area (Å²) in [5.41, 5.74) is 6.25. The molecule has 0 atom stereocenters. The number of nitrogens with one attached hydrogen (secondary N) is 2. The minimum atomic E-state index is -0.371. The maximum atomic E-state index is 12.3. The Balaban J connectivity index is 1.71. The molecule has 3 rings (SSSR count). The monoisotopic (exact) mass is 328 g/mol. The van der Waals surface area contributed by atoms with Gasteiger partial charge in [0.05, 0.1) is 22.9 Å². The molecule has 0 bridgehead atoms. The number of carbonyl (C=O) groups excluding carboxylic acids is 1. The molecule has 1 heterocycles. The van der Waals surface area contributed by atoms with E-state index in [2.05, 4.69) is 15.8 Å². The van der Waals surface area contributed by atoms with Crippen LogP contribution in [0.3, 0.4) is 0 Å². The lowest BCUT2D eigenvalue weighted by atomic mass is 10.2. The third-order valence-electron chi connectivity index (χ3n) is 3.22. The van der Waals surface area contributed by atoms with E-state index >= 15 is 0 Å². The first kappa shape index (κ1) is 15.1. The second kappa shape index (κ2) is 6.50. The minimum Gasteiger partial charge on any atom is -0.299 e. The molecule has 0 radical (unpaired) electrons. The normalized spacial score (nSPS) is 10.5. The smallest absolute Gasteiger partial charge is 0.261 e. The molecule has 0 saturated heterocycles. The molecule has 0 aliphatic rings. The average molecular weight is 329 g/mol. The van der Waals surface area contributed by atoms with Gasteiger partial charge in [-0.1, -0.05) is 29.8 Å². The Kier molecular flexibility index (Phi) is 4.25. The number of rotatable bonds is 4. The molecule has 116 valence electrons. The number of para-hydroxylation sites is 1. The van der Waals surface area contributed by atoms with E-state index in [1.165, 1.54) is 10.9 Å². The van der Waals surface area contributed by atoms with Crippen molar-refractivity contribution in [3.63, 3.8) is 0 Å². The zero-order valence-corrected chi connectivity index (χ0v) is 12.7. The molecule has 3 aromatic rings. The Labute approximate surface area is 136 Å². The Morgan fingerprint density at radius 1 is 1.17 bits per heavy atom. The van der Waals surface area contributed by atoms with Gasteiger partial charge in [-0.05, 0) is 30.3 Å². The van der Waals surface area contributed by atoms with Gasteiger partial charge < -0.3 is 0 Å². The third kappa shape index (κ3) is 3.49. The molecule has 1 amide bonds. The van der Waals surface area contributed by atoms with Crippen molar-refractivity contribution < 1.29 is 4.79 Å². The highest BCUT2D eigenvalue weighted by molar-refractivity contribution is 6.30. The summed E-state index contributed by atoms with van der Waals surface area (Å²) in [6, 6.07) is 13.9. The third-order valence-corrected chi connectivity index (χ3v) is 3.45. The molecule has 2 N–H and O–H groups in total. The quantitative estimate of drug-likeness (QED) is 0.720. The molecule has 1 aromatic heterocycles. The number of benzene rings is 2. The number of aromatic nitrogens is 2. The Hall–Kier alpha value is -2.86. The van der Waals surface area contributed by atoms with Crippen molar-refractivity contribution in [2.75, 3.05) is 5.43 Å². The lowest BCUT2D eigenvalue weighted by molar-refractivity contribution is -0.121. The molecule has 6 nitrogen and oxygen atoms in total. The van der Waals surface area contributed by atoms with Crippen molar-refractivity contribution in [1.29, 1.82) is 0 Å². The van der Waals surface area contributed by atoms with Crippen LogP contribution in [0.15, 0.2) is 59.7 Å². The van der Waals surface area contributed by atoms with Crippen LogP contribution in [0, 0.1) is 0 Å². The maximum Gasteiger partial charge on any atom is 0.261 e. The van der Waals surface area contributed by atoms with E-state index in [-0.39, 0.29) is 18.0 Å². The van der Waals surface area contributed by atoms with Gasteiger partial charge in [-0.25, -0.2) is 4.98 Å². The largest absolute Gasteiger partial charge is 0.299 e. The number of hydrogen-bond acceptors (Lipinski definition) is 4. The van der Waals surface area contributed by atoms with Crippen molar-refractivity contribution in [2.24, 2.45) is 0 Å². The van der Waals surface area contributed by atoms with Crippen LogP contribution in [-0.2, 0) is 11.3 Å². The number of fused-ring (bicyclic) bond motifs is 1. The molecule has 0 aliphatic heterocycles. The van der Waals surface area contributed by atoms with E-state index in [4.69, 9.17) is 11.6 Å². The van der Waals surface area contributed by atoms with Crippen molar-refractivity contribution in [1.82, 2.24) is 15.0 Å². The fourth-order valence-corrected chi connectivity index (χ4v) is 2.31. The van der Waals surface area contributed by atoms with Gasteiger partial charge in [0, 0.05) is 5.02 Å². The van der Waals surface area contributed by atoms with Crippen molar-refractivity contribution in [3.8, 4) is 0 Å². The summed E-state index contributed by atoms with van der Waals surface area (Å²) in [6.45, 7) is -0.135. The second-order valence-electron chi connectivity index (χ2n) is 4.88. The Bertz CT molecular complexity index is 923. The van der Waals surface area contributed by atoms with Crippen LogP contribution in [0.5, 0.6) is 0 Å². The van der Waals surface area contributed by atoms with Gasteiger partial charge in [0.1, 0.15) is 6.54 Å². The van der Waals surface area contributed by atoms with Crippen LogP contribution in [0.4, 0.5) is 5.69 Å². The highest BCUT2D eigenvalue weighted by Gasteiger charge is 2.07. The number of hydrogen-bond donors (Lipinski definition) is 2. The SMILES string of the molecule is O=C(Cn1cnc2ccccc2c1=O)NNc1cccc(Cl)c1. The van der Waals surface area contributed by atoms with E-state index in [0.717, 1.165) is 0 Å². The first-order valence-corrected chi connectivity index (χ1v) is 7.26. The summed E-state index contributed by atoms with van der Waals surface area (Å²) < 4.78 is 1.26. The first-order chi connectivity index (χ1) is 11.1. The van der Waals surface area contributed by atoms with Crippen LogP contribution in [-0.4, -0.2) is 15.5 Å². The Morgan fingerprint density at radius 3 is 2.83 bits per heavy atom. The minimum absolute atomic E-state index is 0.135. The van der Waals surface area contributed by atoms with Crippen LogP contribution in [0.2, 0.25) is 5.02 Å². The topological polar surface area (TPSA) is 76.0 Å². The standard InChI is InChI=1S/C16H13ClN4O2/c17-11-4-3-5-12(8-11)19-20-15(22)9-21-10-18-14-7-2-1-6-13(14)16(21)23/h1-8,10,19H,9H2,(H,20,22). The molecule has 7 heteroatoms. The predicted molar refractivity (Wildman–Crippen MR) is 89.2 cm³/mol. The highest BCUT2D eigenvalue weighted by atomic mass is 35.5. The summed E-state index contributed by atoms with van der Waals surface area (Å²) in [6.07, 6.45) is 1.36. The number of amides is 1. The van der Waals surface area contributed by atoms with Gasteiger partial charge >= 0.3 is 0 Å². The average Bonchev–Trinajstić information content (AvgIpc) is 2.56. The molecular formula is C16H13ClN4O2. The van der Waals surface area contributed by atoms with Gasteiger partial charge in [-0.15, -0.1) is 0 Å². The van der Waals surface area contributed by atoms with E-state index in [1.54, 1.807) is 48.5 Å². The summed E-state index contributed by atoms with van der Waals surface area (Å²) in [4.78, 5) is 28.4. The fraction of sp³-hybridized carbons (Fsp3) is 0.0625. The maximum absolute atomic E-state index is 12.3. The van der Waals surface area contributed by atoms with E-state index < -0.39 is 0 Å². The molecule has 0 saturated carbocycles. The van der Waals surface area contributed by atoms with Gasteiger partial charge in [-0.2, -0.15) is 0 Å². The summed E-state index contributed by atoms with van der Waals surface area (Å²) in [5.74, 6) is -0.371. The summed E-state index contributed by atoms with van der Waals surface area (Å²) in [5, 5.41) is 1.03. The van der Waals surface area contributed by atoms with Crippen LogP contribution in [0.1, 0.15) is 0 Å². The molecule has 2 aromatic carbocycles. The van der Waals surface area contributed by atoms with E-state index in [1.807, 2.05) is 0 Å². The number of halogens is 1. The number of hydrazine groups is 1. The molecule has 0 unspecified atom stereocenters. The second-order valence-corrected chi connectivity index (χ2v) is 5.31. The summed E-state index contributed by atoms with van der Waals surface area (Å²) in [7, 11) is 0. The molecule has 0 aliphatic carbocycles. The van der Waals surface area contributed by atoms with Crippen molar-refractivity contribution in [3.05, 3.63) is 70.2 Å². The lowest BCUT2D eigenvalue weighted by Gasteiger charge is -2.10. The van der Waals surface area contributed by atoms with Crippen molar-refractivity contribution >= 4 is 34.1 Å². The van der Waals surface area contributed by atoms with E-state index in [0.29, 0.717) is 21.6 Å². The number of carbonyl (C=O) groups is 1. The molecule has 0 spiro atoms. The first-order valence-electron chi connectivity index (χ1n) is 6.88. The predicted octanol–water partition coefficient (Wildman–Crippen LogP) is 2.19. The number of anilines is 1. The van der Waals surface area contributed by atoms with Gasteiger partial charge in [-0.3, -0.25) is 25.0 Å². The number of nitrogens with zero attached hydrogens (tertiary/aromatic N) is 2. The van der Waals surface area contributed by atoms with Crippen LogP contribution >= 0.6 is 11.6 Å². The van der Waals surface area contributed by atoms with Gasteiger partial charge in [0.15, 0.2) is 0 Å². The van der Waals surface area contributed by atoms with Crippen molar-refractivity contribution in [2.45, 2.75) is 6.54 Å². The molecule has 23 heavy (non-hydrogen) atoms. The van der Waals surface area contributed by atoms with Crippen LogP contribution < -0.4 is 16.4 Å². The molecular weight excluding hydrogens is 316 g/mol. The Morgan fingerprint density at radius 2 is 2.00 bits per heavy atom. The van der Waals surface area contributed by atoms with Gasteiger partial charge in [0.25, 0.3) is 11.5 Å².